The first-order chi connectivity index (χ1) is 17.4. The van der Waals surface area contributed by atoms with Gasteiger partial charge < -0.3 is 25.4 Å². The molecule has 4 N–H and O–H groups in total. The number of ketones is 1. The number of fused-ring (bicyclic) bond motifs is 1. The number of hydrogen-bond donors (Lipinski definition) is 4. The van der Waals surface area contributed by atoms with Crippen LogP contribution in [0.25, 0.3) is 0 Å². The van der Waals surface area contributed by atoms with Crippen LogP contribution in [-0.4, -0.2) is 52.6 Å². The number of hydrogen-bond acceptors (Lipinski definition) is 6. The lowest BCUT2D eigenvalue weighted by molar-refractivity contribution is -0.124. The van der Waals surface area contributed by atoms with Crippen LogP contribution in [0.4, 0.5) is 0 Å². The first-order valence-electron chi connectivity index (χ1n) is 13.7. The van der Waals surface area contributed by atoms with Crippen molar-refractivity contribution in [2.45, 2.75) is 78.7 Å². The molecule has 0 unspecified atom stereocenters. The molecule has 0 aromatic heterocycles. The molecule has 37 heavy (non-hydrogen) atoms. The third-order valence-electron chi connectivity index (χ3n) is 8.91. The summed E-state index contributed by atoms with van der Waals surface area (Å²) in [6.45, 7) is 10.2. The lowest BCUT2D eigenvalue weighted by atomic mass is 9.50. The number of carbonyl (C=O) groups excluding carboxylic acids is 2. The van der Waals surface area contributed by atoms with Gasteiger partial charge in [-0.3, -0.25) is 9.59 Å². The van der Waals surface area contributed by atoms with Gasteiger partial charge in [-0.2, -0.15) is 0 Å². The Kier molecular flexibility index (Phi) is 9.59. The first kappa shape index (κ1) is 29.3. The number of Topliss-reactive ketones (excluding diaryl/α,β-unsaturated/α-hetero) is 1. The van der Waals surface area contributed by atoms with E-state index in [1.165, 1.54) is 7.11 Å². The first-order valence-corrected chi connectivity index (χ1v) is 13.7. The Morgan fingerprint density at radius 1 is 1.19 bits per heavy atom. The number of methoxy groups -OCH3 is 1. The topological polar surface area (TPSA) is 116 Å². The fourth-order valence-corrected chi connectivity index (χ4v) is 6.96. The van der Waals surface area contributed by atoms with Crippen LogP contribution >= 0.6 is 0 Å². The number of ether oxygens (including phenoxy) is 1. The van der Waals surface area contributed by atoms with Crippen molar-refractivity contribution in [3.05, 3.63) is 47.8 Å². The second-order valence-corrected chi connectivity index (χ2v) is 11.6. The lowest BCUT2D eigenvalue weighted by Crippen LogP contribution is -2.49. The molecule has 206 valence electrons. The van der Waals surface area contributed by atoms with E-state index >= 15 is 0 Å². The van der Waals surface area contributed by atoms with Gasteiger partial charge in [0.25, 0.3) is 5.91 Å². The predicted octanol–water partition coefficient (Wildman–Crippen LogP) is 4.23. The van der Waals surface area contributed by atoms with Crippen LogP contribution in [0.3, 0.4) is 0 Å². The molecule has 7 nitrogen and oxygen atoms in total. The Morgan fingerprint density at radius 3 is 2.49 bits per heavy atom. The van der Waals surface area contributed by atoms with Gasteiger partial charge in [0.15, 0.2) is 6.23 Å². The van der Waals surface area contributed by atoms with Gasteiger partial charge in [0.1, 0.15) is 11.3 Å². The van der Waals surface area contributed by atoms with Gasteiger partial charge in [0, 0.05) is 18.4 Å². The van der Waals surface area contributed by atoms with Crippen molar-refractivity contribution in [1.29, 1.82) is 0 Å². The van der Waals surface area contributed by atoms with Gasteiger partial charge in [-0.05, 0) is 55.3 Å². The smallest absolute Gasteiger partial charge is 0.260 e. The van der Waals surface area contributed by atoms with Crippen molar-refractivity contribution in [3.8, 4) is 0 Å². The summed E-state index contributed by atoms with van der Waals surface area (Å²) in [6.07, 6.45) is 12.2. The average Bonchev–Trinajstić information content (AvgIpc) is 3.14. The maximum Gasteiger partial charge on any atom is 0.260 e. The largest absolute Gasteiger partial charge is 0.511 e. The minimum Gasteiger partial charge on any atom is -0.511 e. The van der Waals surface area contributed by atoms with E-state index in [9.17, 15) is 24.9 Å². The van der Waals surface area contributed by atoms with Crippen molar-refractivity contribution in [1.82, 2.24) is 5.32 Å². The summed E-state index contributed by atoms with van der Waals surface area (Å²) in [7, 11) is 1.35. The summed E-state index contributed by atoms with van der Waals surface area (Å²) < 4.78 is 5.11. The number of allylic oxidation sites excluding steroid dienone is 5. The Balaban J connectivity index is 1.94. The molecule has 2 aliphatic carbocycles. The standard InChI is InChI=1S/C30H45NO6/c1-7-23(33)18(3)10-8-9-11-22(32)16-21-13-12-20-15-17(2)14-19(4)25(20)30(21,5)27(35)24-26(34)29(37-6)31-28(24)36/h8-13,17-23,25,29,32-33,35H,7,14-16H2,1-6H3,(H,31,36)/b10-8+,11-9+,27-24?/t17-,18-,19+,20+,21-,22-,23-,25-,29+,30-/m0/s1. The number of amides is 1. The van der Waals surface area contributed by atoms with Crippen molar-refractivity contribution in [2.24, 2.45) is 40.9 Å². The zero-order valence-electron chi connectivity index (χ0n) is 23.1. The maximum absolute atomic E-state index is 13.0. The summed E-state index contributed by atoms with van der Waals surface area (Å²) >= 11 is 0. The second kappa shape index (κ2) is 12.1. The van der Waals surface area contributed by atoms with E-state index in [-0.39, 0.29) is 40.9 Å². The molecular formula is C30H45NO6. The van der Waals surface area contributed by atoms with E-state index < -0.39 is 35.5 Å². The molecule has 3 rings (SSSR count). The summed E-state index contributed by atoms with van der Waals surface area (Å²) in [5.74, 6) is -0.620. The van der Waals surface area contributed by atoms with E-state index in [0.717, 1.165) is 12.8 Å². The van der Waals surface area contributed by atoms with Crippen molar-refractivity contribution < 1.29 is 29.6 Å². The molecule has 7 heteroatoms. The molecule has 0 aromatic carbocycles. The van der Waals surface area contributed by atoms with Crippen LogP contribution in [0.5, 0.6) is 0 Å². The van der Waals surface area contributed by atoms with Crippen molar-refractivity contribution in [2.75, 3.05) is 7.11 Å². The summed E-state index contributed by atoms with van der Waals surface area (Å²) in [6, 6.07) is 0. The molecular weight excluding hydrogens is 470 g/mol. The highest BCUT2D eigenvalue weighted by atomic mass is 16.5. The SMILES string of the molecule is CC[C@H](O)[C@@H](C)/C=C/C=C/[C@H](O)C[C@@H]1C=C[C@@H]2C[C@@H](C)C[C@@H](C)[C@@H]2[C@@]1(C)C(O)=C1C(=O)N[C@H](OC)C1=O. The monoisotopic (exact) mass is 515 g/mol. The molecule has 1 amide bonds. The summed E-state index contributed by atoms with van der Waals surface area (Å²) in [5, 5.41) is 35.1. The van der Waals surface area contributed by atoms with Crippen LogP contribution in [0.15, 0.2) is 47.8 Å². The number of aliphatic hydroxyl groups excluding tert-OH is 3. The Morgan fingerprint density at radius 2 is 1.86 bits per heavy atom. The van der Waals surface area contributed by atoms with Gasteiger partial charge in [0.05, 0.1) is 12.2 Å². The van der Waals surface area contributed by atoms with E-state index in [2.05, 4.69) is 31.3 Å². The number of aliphatic hydroxyl groups is 3. The second-order valence-electron chi connectivity index (χ2n) is 11.6. The summed E-state index contributed by atoms with van der Waals surface area (Å²) in [4.78, 5) is 25.7. The van der Waals surface area contributed by atoms with Gasteiger partial charge in [-0.25, -0.2) is 0 Å². The molecule has 1 heterocycles. The molecule has 0 bridgehead atoms. The third kappa shape index (κ3) is 5.94. The number of rotatable bonds is 9. The highest BCUT2D eigenvalue weighted by Crippen LogP contribution is 2.58. The predicted molar refractivity (Wildman–Crippen MR) is 143 cm³/mol. The van der Waals surface area contributed by atoms with Crippen LogP contribution < -0.4 is 5.32 Å². The molecule has 10 atom stereocenters. The zero-order chi connectivity index (χ0) is 27.5. The maximum atomic E-state index is 13.0. The average molecular weight is 516 g/mol. The highest BCUT2D eigenvalue weighted by Gasteiger charge is 2.55. The Labute approximate surface area is 221 Å². The Hall–Kier alpha value is -2.22. The number of carbonyl (C=O) groups is 2. The van der Waals surface area contributed by atoms with Crippen molar-refractivity contribution >= 4 is 11.7 Å². The van der Waals surface area contributed by atoms with Crippen LogP contribution in [0, 0.1) is 40.9 Å². The molecule has 3 aliphatic rings. The normalized spacial score (nSPS) is 38.1. The lowest BCUT2D eigenvalue weighted by Gasteiger charge is -2.54. The van der Waals surface area contributed by atoms with Gasteiger partial charge in [0.2, 0.25) is 5.78 Å². The van der Waals surface area contributed by atoms with E-state index in [4.69, 9.17) is 4.74 Å². The van der Waals surface area contributed by atoms with Crippen LogP contribution in [0.1, 0.15) is 60.3 Å². The quantitative estimate of drug-likeness (QED) is 0.120. The molecule has 1 aliphatic heterocycles. The van der Waals surface area contributed by atoms with Crippen molar-refractivity contribution in [3.63, 3.8) is 0 Å². The highest BCUT2D eigenvalue weighted by molar-refractivity contribution is 6.26. The molecule has 1 saturated carbocycles. The minimum atomic E-state index is -1.10. The van der Waals surface area contributed by atoms with Crippen LogP contribution in [-0.2, 0) is 14.3 Å². The molecule has 0 aromatic rings. The van der Waals surface area contributed by atoms with E-state index in [1.807, 2.05) is 32.9 Å². The van der Waals surface area contributed by atoms with Gasteiger partial charge in [-0.1, -0.05) is 71.1 Å². The fourth-order valence-electron chi connectivity index (χ4n) is 6.96. The van der Waals surface area contributed by atoms with E-state index in [0.29, 0.717) is 18.8 Å². The van der Waals surface area contributed by atoms with Gasteiger partial charge in [-0.15, -0.1) is 0 Å². The molecule has 1 saturated heterocycles. The number of nitrogens with one attached hydrogen (secondary N) is 1. The van der Waals surface area contributed by atoms with E-state index in [1.54, 1.807) is 12.2 Å². The molecule has 0 spiro atoms. The zero-order valence-corrected chi connectivity index (χ0v) is 23.1. The summed E-state index contributed by atoms with van der Waals surface area (Å²) in [5.41, 5.74) is -1.13. The minimum absolute atomic E-state index is 0.0121. The van der Waals surface area contributed by atoms with Crippen LogP contribution in [0.2, 0.25) is 0 Å². The molecule has 2 fully saturated rings. The van der Waals surface area contributed by atoms with Gasteiger partial charge >= 0.3 is 0 Å². The third-order valence-corrected chi connectivity index (χ3v) is 8.91. The fraction of sp³-hybridized carbons (Fsp3) is 0.667. The Bertz CT molecular complexity index is 967. The molecule has 0 radical (unpaired) electrons.